The Morgan fingerprint density at radius 3 is 1.94 bits per heavy atom. The molecule has 2 aromatic carbocycles. The number of phenolic OH excluding ortho intramolecular Hbond substituents is 2. The van der Waals surface area contributed by atoms with Crippen molar-refractivity contribution >= 4 is 16.4 Å². The summed E-state index contributed by atoms with van der Waals surface area (Å²) in [4.78, 5) is 0. The molecule has 2 aromatic rings. The topological polar surface area (TPSA) is 49.7 Å². The number of fused-ring (bicyclic) bond motifs is 1. The van der Waals surface area contributed by atoms with E-state index in [-0.39, 0.29) is 5.22 Å². The summed E-state index contributed by atoms with van der Waals surface area (Å²) in [6, 6.07) is 19.4. The Hall–Kier alpha value is -1.57. The molecule has 174 valence electrons. The van der Waals surface area contributed by atoms with Gasteiger partial charge in [-0.2, -0.15) is 0 Å². The van der Waals surface area contributed by atoms with Gasteiger partial charge in [0.1, 0.15) is 11.5 Å². The summed E-state index contributed by atoms with van der Waals surface area (Å²) in [6.45, 7) is 9.71. The van der Waals surface area contributed by atoms with E-state index < -0.39 is 16.4 Å². The summed E-state index contributed by atoms with van der Waals surface area (Å²) in [7, 11) is -3.31. The Bertz CT molecular complexity index is 945. The third-order valence-corrected chi connectivity index (χ3v) is 20.0. The maximum absolute atomic E-state index is 10.2. The SMILES string of the molecule is CC(C)(O[Si]12CCC1(CCc1ccccc1O)CC2)[Si](C)(C)CCCc1ccccc1O. The molecule has 0 bridgehead atoms. The average Bonchev–Trinajstić information content (AvgIpc) is 2.74. The minimum atomic E-state index is -1.69. The second-order valence-electron chi connectivity index (χ2n) is 11.4. The summed E-state index contributed by atoms with van der Waals surface area (Å²) >= 11 is 0. The largest absolute Gasteiger partial charge is 0.508 e. The number of aryl methyl sites for hydroxylation is 2. The molecule has 0 saturated carbocycles. The van der Waals surface area contributed by atoms with Gasteiger partial charge in [-0.1, -0.05) is 62.0 Å². The zero-order chi connectivity index (χ0) is 23.0. The van der Waals surface area contributed by atoms with E-state index in [2.05, 4.69) is 33.0 Å². The molecule has 0 spiro atoms. The van der Waals surface area contributed by atoms with Crippen molar-refractivity contribution in [1.29, 1.82) is 0 Å². The highest BCUT2D eigenvalue weighted by molar-refractivity contribution is 6.85. The fraction of sp³-hybridized carbons (Fsp3) is 0.556. The maximum Gasteiger partial charge on any atom is 0.199 e. The zero-order valence-corrected chi connectivity index (χ0v) is 22.3. The molecule has 2 N–H and O–H groups in total. The highest BCUT2D eigenvalue weighted by atomic mass is 28.4. The van der Waals surface area contributed by atoms with Gasteiger partial charge in [-0.15, -0.1) is 0 Å². The Morgan fingerprint density at radius 2 is 1.44 bits per heavy atom. The van der Waals surface area contributed by atoms with Crippen molar-refractivity contribution in [1.82, 2.24) is 0 Å². The molecule has 5 heteroatoms. The third-order valence-electron chi connectivity index (χ3n) is 9.17. The number of hydrogen-bond acceptors (Lipinski definition) is 3. The predicted octanol–water partition coefficient (Wildman–Crippen LogP) is 7.20. The molecule has 2 aliphatic rings. The van der Waals surface area contributed by atoms with Crippen molar-refractivity contribution in [3.8, 4) is 11.5 Å². The molecule has 32 heavy (non-hydrogen) atoms. The number of benzene rings is 2. The molecule has 0 amide bonds. The van der Waals surface area contributed by atoms with Crippen LogP contribution in [-0.2, 0) is 17.3 Å². The number of aromatic hydroxyl groups is 2. The van der Waals surface area contributed by atoms with E-state index in [1.807, 2.05) is 36.4 Å². The van der Waals surface area contributed by atoms with Gasteiger partial charge in [-0.3, -0.25) is 0 Å². The summed E-state index contributed by atoms with van der Waals surface area (Å²) < 4.78 is 7.26. The van der Waals surface area contributed by atoms with Crippen LogP contribution in [0.15, 0.2) is 48.5 Å². The smallest absolute Gasteiger partial charge is 0.199 e. The third kappa shape index (κ3) is 4.19. The maximum atomic E-state index is 10.2. The van der Waals surface area contributed by atoms with Gasteiger partial charge >= 0.3 is 0 Å². The van der Waals surface area contributed by atoms with Gasteiger partial charge in [0.25, 0.3) is 0 Å². The molecule has 4 rings (SSSR count). The Labute approximate surface area is 196 Å². The number of hydrogen-bond donors (Lipinski definition) is 2. The van der Waals surface area contributed by atoms with Crippen LogP contribution >= 0.6 is 0 Å². The van der Waals surface area contributed by atoms with Crippen molar-refractivity contribution in [2.24, 2.45) is 0 Å². The molecule has 0 aliphatic carbocycles. The van der Waals surface area contributed by atoms with E-state index in [0.717, 1.165) is 30.4 Å². The van der Waals surface area contributed by atoms with Gasteiger partial charge in [0.15, 0.2) is 8.32 Å². The van der Waals surface area contributed by atoms with Gasteiger partial charge in [0, 0.05) is 5.22 Å². The van der Waals surface area contributed by atoms with Crippen LogP contribution in [-0.4, -0.2) is 31.8 Å². The molecule has 2 heterocycles. The molecular formula is C27H40O3Si2. The van der Waals surface area contributed by atoms with Crippen LogP contribution in [0, 0.1) is 0 Å². The van der Waals surface area contributed by atoms with Gasteiger partial charge in [0.2, 0.25) is 0 Å². The minimum absolute atomic E-state index is 0.0288. The fourth-order valence-electron chi connectivity index (χ4n) is 5.92. The van der Waals surface area contributed by atoms with Crippen molar-refractivity contribution < 1.29 is 14.6 Å². The summed E-state index contributed by atoms with van der Waals surface area (Å²) in [5.74, 6) is 0.862. The van der Waals surface area contributed by atoms with Crippen LogP contribution in [0.3, 0.4) is 0 Å². The summed E-state index contributed by atoms with van der Waals surface area (Å²) in [5, 5.41) is 20.7. The number of para-hydroxylation sites is 2. The molecule has 0 atom stereocenters. The normalized spacial score (nSPS) is 25.0. The van der Waals surface area contributed by atoms with Crippen LogP contribution in [0.4, 0.5) is 0 Å². The van der Waals surface area contributed by atoms with Crippen LogP contribution in [0.25, 0.3) is 0 Å². The van der Waals surface area contributed by atoms with Gasteiger partial charge in [-0.05, 0) is 86.3 Å². The molecule has 2 fully saturated rings. The second kappa shape index (κ2) is 8.66. The fourth-order valence-corrected chi connectivity index (χ4v) is 14.5. The van der Waals surface area contributed by atoms with Crippen LogP contribution in [0.2, 0.25) is 36.3 Å². The summed E-state index contributed by atoms with van der Waals surface area (Å²) in [5.41, 5.74) is 2.15. The average molecular weight is 469 g/mol. The second-order valence-corrected chi connectivity index (χ2v) is 21.1. The van der Waals surface area contributed by atoms with E-state index in [4.69, 9.17) is 4.43 Å². The molecule has 2 saturated heterocycles. The molecule has 0 unspecified atom stereocenters. The van der Waals surface area contributed by atoms with Crippen LogP contribution < -0.4 is 0 Å². The van der Waals surface area contributed by atoms with E-state index in [0.29, 0.717) is 16.5 Å². The standard InChI is InChI=1S/C27H40O3Si2/c1-26(2,31(3,4)19-9-12-22-10-5-7-13-24(22)28)30-32-20-17-27(32,18-21-32)16-15-23-11-6-8-14-25(23)29/h5-8,10-11,13-14,28-29H,9,12,15-21H2,1-4H3. The molecule has 0 radical (unpaired) electrons. The highest BCUT2D eigenvalue weighted by Gasteiger charge is 2.70. The van der Waals surface area contributed by atoms with Gasteiger partial charge in [0.05, 0.1) is 8.07 Å². The molecular weight excluding hydrogens is 428 g/mol. The molecule has 2 aliphatic heterocycles. The molecule has 0 aromatic heterocycles. The van der Waals surface area contributed by atoms with Gasteiger partial charge < -0.3 is 14.6 Å². The van der Waals surface area contributed by atoms with E-state index >= 15 is 0 Å². The van der Waals surface area contributed by atoms with E-state index in [1.54, 1.807) is 6.07 Å². The quantitative estimate of drug-likeness (QED) is 0.362. The van der Waals surface area contributed by atoms with Crippen LogP contribution in [0.1, 0.15) is 50.7 Å². The first-order valence-electron chi connectivity index (χ1n) is 12.3. The Morgan fingerprint density at radius 1 is 0.906 bits per heavy atom. The van der Waals surface area contributed by atoms with Crippen molar-refractivity contribution in [2.75, 3.05) is 0 Å². The first-order chi connectivity index (χ1) is 15.1. The lowest BCUT2D eigenvalue weighted by Crippen LogP contribution is -2.71. The van der Waals surface area contributed by atoms with Crippen molar-refractivity contribution in [3.05, 3.63) is 59.7 Å². The van der Waals surface area contributed by atoms with E-state index in [1.165, 1.54) is 37.4 Å². The Balaban J connectivity index is 1.37. The lowest BCUT2D eigenvalue weighted by Gasteiger charge is -2.68. The Kier molecular flexibility index (Phi) is 6.38. The van der Waals surface area contributed by atoms with E-state index in [9.17, 15) is 10.2 Å². The van der Waals surface area contributed by atoms with Crippen molar-refractivity contribution in [2.45, 2.75) is 93.9 Å². The van der Waals surface area contributed by atoms with Crippen LogP contribution in [0.5, 0.6) is 11.5 Å². The number of phenols is 2. The first kappa shape index (κ1) is 23.6. The first-order valence-corrected chi connectivity index (χ1v) is 17.9. The zero-order valence-electron chi connectivity index (χ0n) is 20.3. The molecule has 3 nitrogen and oxygen atoms in total. The number of rotatable bonds is 10. The van der Waals surface area contributed by atoms with Gasteiger partial charge in [-0.25, -0.2) is 0 Å². The van der Waals surface area contributed by atoms with Crippen molar-refractivity contribution in [3.63, 3.8) is 0 Å². The lowest BCUT2D eigenvalue weighted by molar-refractivity contribution is 0.106. The summed E-state index contributed by atoms with van der Waals surface area (Å²) in [6.07, 6.45) is 6.81. The predicted molar refractivity (Wildman–Crippen MR) is 138 cm³/mol. The highest BCUT2D eigenvalue weighted by Crippen LogP contribution is 2.72. The lowest BCUT2D eigenvalue weighted by atomic mass is 9.90. The monoisotopic (exact) mass is 468 g/mol. The minimum Gasteiger partial charge on any atom is -0.508 e.